The number of carbonyl (C=O) groups excluding carboxylic acids is 1. The molecule has 2 aromatic rings. The Morgan fingerprint density at radius 3 is 2.50 bits per heavy atom. The van der Waals surface area contributed by atoms with Gasteiger partial charge in [0.15, 0.2) is 0 Å². The van der Waals surface area contributed by atoms with Crippen molar-refractivity contribution in [2.24, 2.45) is 5.73 Å². The Hall–Kier alpha value is -1.87. The summed E-state index contributed by atoms with van der Waals surface area (Å²) >= 11 is 0. The summed E-state index contributed by atoms with van der Waals surface area (Å²) in [6, 6.07) is 10.9. The van der Waals surface area contributed by atoms with Crippen molar-refractivity contribution in [2.75, 3.05) is 26.2 Å². The van der Waals surface area contributed by atoms with E-state index in [1.165, 1.54) is 16.6 Å². The minimum atomic E-state index is -3.73. The first kappa shape index (κ1) is 22.4. The Morgan fingerprint density at radius 2 is 1.86 bits per heavy atom. The Labute approximate surface area is 172 Å². The summed E-state index contributed by atoms with van der Waals surface area (Å²) in [5, 5.41) is 0. The first-order valence-corrected chi connectivity index (χ1v) is 10.7. The lowest BCUT2D eigenvalue weighted by molar-refractivity contribution is 0.0787. The van der Waals surface area contributed by atoms with Gasteiger partial charge in [-0.3, -0.25) is 4.79 Å². The number of amides is 1. The van der Waals surface area contributed by atoms with Crippen molar-refractivity contribution in [1.29, 1.82) is 0 Å². The number of benzene rings is 1. The molecule has 1 saturated heterocycles. The maximum Gasteiger partial charge on any atom is 0.270 e. The molecule has 154 valence electrons. The van der Waals surface area contributed by atoms with E-state index in [2.05, 4.69) is 4.98 Å². The number of likely N-dealkylation sites (tertiary alicyclic amines) is 1. The molecule has 1 aromatic heterocycles. The van der Waals surface area contributed by atoms with Gasteiger partial charge in [-0.1, -0.05) is 30.3 Å². The van der Waals surface area contributed by atoms with Gasteiger partial charge in [-0.15, -0.1) is 12.4 Å². The molecule has 0 spiro atoms. The van der Waals surface area contributed by atoms with Gasteiger partial charge < -0.3 is 15.6 Å². The van der Waals surface area contributed by atoms with Gasteiger partial charge in [0.05, 0.1) is 0 Å². The van der Waals surface area contributed by atoms with Crippen LogP contribution in [-0.2, 0) is 16.6 Å². The van der Waals surface area contributed by atoms with E-state index in [1.54, 1.807) is 4.90 Å². The fraction of sp³-hybridized carbons (Fsp3) is 0.421. The summed E-state index contributed by atoms with van der Waals surface area (Å²) in [6.07, 6.45) is 3.94. The quantitative estimate of drug-likeness (QED) is 0.675. The second-order valence-corrected chi connectivity index (χ2v) is 8.65. The fourth-order valence-corrected chi connectivity index (χ4v) is 4.69. The van der Waals surface area contributed by atoms with Gasteiger partial charge in [0.1, 0.15) is 10.6 Å². The van der Waals surface area contributed by atoms with Crippen LogP contribution in [0.4, 0.5) is 0 Å². The highest BCUT2D eigenvalue weighted by Gasteiger charge is 2.28. The standard InChI is InChI=1S/C19H26N4O3S.ClH/c20-9-6-12-23(15-16-7-2-1-3-8-16)27(25,26)17-13-18(21-14-17)19(24)22-10-4-5-11-22;/h1-3,7-8,13-14,21H,4-6,9-12,15,20H2;1H. The van der Waals surface area contributed by atoms with Crippen molar-refractivity contribution in [3.8, 4) is 0 Å². The summed E-state index contributed by atoms with van der Waals surface area (Å²) in [4.78, 5) is 17.2. The van der Waals surface area contributed by atoms with E-state index < -0.39 is 10.0 Å². The normalized spacial score (nSPS) is 14.3. The van der Waals surface area contributed by atoms with Crippen molar-refractivity contribution in [3.05, 3.63) is 53.9 Å². The zero-order valence-electron chi connectivity index (χ0n) is 15.7. The van der Waals surface area contributed by atoms with Crippen molar-refractivity contribution >= 4 is 28.3 Å². The molecule has 0 aliphatic carbocycles. The van der Waals surface area contributed by atoms with Crippen LogP contribution in [0.3, 0.4) is 0 Å². The molecule has 1 amide bonds. The summed E-state index contributed by atoms with van der Waals surface area (Å²) in [6.45, 7) is 2.44. The molecule has 28 heavy (non-hydrogen) atoms. The molecule has 0 atom stereocenters. The van der Waals surface area contributed by atoms with E-state index in [4.69, 9.17) is 5.73 Å². The highest BCUT2D eigenvalue weighted by molar-refractivity contribution is 7.89. The lowest BCUT2D eigenvalue weighted by Crippen LogP contribution is -2.32. The maximum absolute atomic E-state index is 13.1. The monoisotopic (exact) mass is 426 g/mol. The van der Waals surface area contributed by atoms with Crippen molar-refractivity contribution < 1.29 is 13.2 Å². The molecule has 0 bridgehead atoms. The van der Waals surface area contributed by atoms with E-state index in [9.17, 15) is 13.2 Å². The topological polar surface area (TPSA) is 99.5 Å². The summed E-state index contributed by atoms with van der Waals surface area (Å²) in [7, 11) is -3.73. The number of nitrogens with two attached hydrogens (primary N) is 1. The van der Waals surface area contributed by atoms with Gasteiger partial charge in [-0.05, 0) is 37.4 Å². The molecule has 0 saturated carbocycles. The Bertz CT molecular complexity index is 864. The number of rotatable bonds is 8. The predicted molar refractivity (Wildman–Crippen MR) is 111 cm³/mol. The van der Waals surface area contributed by atoms with E-state index >= 15 is 0 Å². The zero-order chi connectivity index (χ0) is 19.3. The maximum atomic E-state index is 13.1. The van der Waals surface area contributed by atoms with Crippen LogP contribution in [-0.4, -0.2) is 54.7 Å². The molecule has 1 aromatic carbocycles. The van der Waals surface area contributed by atoms with Gasteiger partial charge in [-0.25, -0.2) is 8.42 Å². The summed E-state index contributed by atoms with van der Waals surface area (Å²) in [5.74, 6) is -0.148. The number of halogens is 1. The van der Waals surface area contributed by atoms with Gasteiger partial charge in [0.25, 0.3) is 5.91 Å². The van der Waals surface area contributed by atoms with Crippen LogP contribution in [0.25, 0.3) is 0 Å². The summed E-state index contributed by atoms with van der Waals surface area (Å²) < 4.78 is 27.7. The van der Waals surface area contributed by atoms with Crippen LogP contribution >= 0.6 is 12.4 Å². The van der Waals surface area contributed by atoms with Crippen LogP contribution in [0.1, 0.15) is 35.3 Å². The zero-order valence-corrected chi connectivity index (χ0v) is 17.3. The van der Waals surface area contributed by atoms with Crippen molar-refractivity contribution in [3.63, 3.8) is 0 Å². The smallest absolute Gasteiger partial charge is 0.270 e. The highest BCUT2D eigenvalue weighted by Crippen LogP contribution is 2.21. The second kappa shape index (κ2) is 10.1. The van der Waals surface area contributed by atoms with Crippen molar-refractivity contribution in [2.45, 2.75) is 30.7 Å². The molecule has 3 N–H and O–H groups in total. The number of sulfonamides is 1. The SMILES string of the molecule is Cl.NCCCN(Cc1ccccc1)S(=O)(=O)c1c[nH]c(C(=O)N2CCCC2)c1. The van der Waals surface area contributed by atoms with Crippen LogP contribution in [0.15, 0.2) is 47.5 Å². The highest BCUT2D eigenvalue weighted by atomic mass is 35.5. The number of carbonyl (C=O) groups is 1. The van der Waals surface area contributed by atoms with Gasteiger partial charge in [-0.2, -0.15) is 4.31 Å². The third kappa shape index (κ3) is 5.14. The average Bonchev–Trinajstić information content (AvgIpc) is 3.37. The van der Waals surface area contributed by atoms with E-state index in [-0.39, 0.29) is 29.8 Å². The minimum absolute atomic E-state index is 0. The summed E-state index contributed by atoms with van der Waals surface area (Å²) in [5.41, 5.74) is 6.81. The number of nitrogens with zero attached hydrogens (tertiary/aromatic N) is 2. The first-order chi connectivity index (χ1) is 13.0. The molecule has 9 heteroatoms. The molecule has 1 aliphatic heterocycles. The largest absolute Gasteiger partial charge is 0.356 e. The molecule has 3 rings (SSSR count). The molecular weight excluding hydrogens is 400 g/mol. The third-order valence-corrected chi connectivity index (χ3v) is 6.55. The van der Waals surface area contributed by atoms with Crippen LogP contribution < -0.4 is 5.73 Å². The first-order valence-electron chi connectivity index (χ1n) is 9.24. The van der Waals surface area contributed by atoms with Gasteiger partial charge in [0, 0.05) is 32.4 Å². The third-order valence-electron chi connectivity index (χ3n) is 4.73. The van der Waals surface area contributed by atoms with Crippen LogP contribution in [0.2, 0.25) is 0 Å². The Kier molecular flexibility index (Phi) is 8.06. The number of hydrogen-bond donors (Lipinski definition) is 2. The Morgan fingerprint density at radius 1 is 1.18 bits per heavy atom. The van der Waals surface area contributed by atoms with Gasteiger partial charge in [0.2, 0.25) is 10.0 Å². The number of nitrogens with one attached hydrogen (secondary N) is 1. The van der Waals surface area contributed by atoms with Crippen LogP contribution in [0.5, 0.6) is 0 Å². The van der Waals surface area contributed by atoms with Crippen molar-refractivity contribution in [1.82, 2.24) is 14.2 Å². The molecule has 2 heterocycles. The Balaban J connectivity index is 0.00000280. The van der Waals surface area contributed by atoms with E-state index in [0.717, 1.165) is 31.5 Å². The number of hydrogen-bond acceptors (Lipinski definition) is 4. The number of aromatic amines is 1. The second-order valence-electron chi connectivity index (χ2n) is 6.71. The molecule has 1 aliphatic rings. The fourth-order valence-electron chi connectivity index (χ4n) is 3.23. The number of H-pyrrole nitrogens is 1. The molecule has 0 radical (unpaired) electrons. The van der Waals surface area contributed by atoms with Gasteiger partial charge >= 0.3 is 0 Å². The number of aromatic nitrogens is 1. The minimum Gasteiger partial charge on any atom is -0.356 e. The molecule has 0 unspecified atom stereocenters. The average molecular weight is 427 g/mol. The van der Waals surface area contributed by atoms with E-state index in [0.29, 0.717) is 25.2 Å². The van der Waals surface area contributed by atoms with Crippen LogP contribution in [0, 0.1) is 0 Å². The van der Waals surface area contributed by atoms with E-state index in [1.807, 2.05) is 30.3 Å². The lowest BCUT2D eigenvalue weighted by Gasteiger charge is -2.21. The molecule has 7 nitrogen and oxygen atoms in total. The lowest BCUT2D eigenvalue weighted by atomic mass is 10.2. The predicted octanol–water partition coefficient (Wildman–Crippen LogP) is 2.21. The molecular formula is C19H27ClN4O3S. The molecule has 1 fully saturated rings.